The quantitative estimate of drug-likeness (QED) is 0.535. The highest BCUT2D eigenvalue weighted by atomic mass is 35.5. The second-order valence-corrected chi connectivity index (χ2v) is 9.11. The predicted octanol–water partition coefficient (Wildman–Crippen LogP) is 5.22. The Labute approximate surface area is 196 Å². The molecule has 1 N–H and O–H groups in total. The molecule has 0 radical (unpaired) electrons. The molecule has 0 spiro atoms. The maximum Gasteiger partial charge on any atom is 0.159 e. The van der Waals surface area contributed by atoms with Gasteiger partial charge in [0.05, 0.1) is 0 Å². The maximum absolute atomic E-state index is 6.08. The van der Waals surface area contributed by atoms with Crippen molar-refractivity contribution in [3.63, 3.8) is 0 Å². The van der Waals surface area contributed by atoms with Crippen molar-refractivity contribution in [3.05, 3.63) is 65.8 Å². The number of aromatic nitrogens is 2. The third kappa shape index (κ3) is 4.59. The SMILES string of the molecule is C=C(C(NCC)C(C)C)N1CCN(c2nnc(-c3ccc(Cl)cc3)c3ccccc23)CC1. The normalized spacial score (nSPS) is 15.4. The summed E-state index contributed by atoms with van der Waals surface area (Å²) in [7, 11) is 0. The molecule has 2 aromatic carbocycles. The van der Waals surface area contributed by atoms with Crippen LogP contribution in [-0.4, -0.2) is 53.9 Å². The van der Waals surface area contributed by atoms with E-state index in [9.17, 15) is 0 Å². The number of nitrogens with one attached hydrogen (secondary N) is 1. The molecular weight excluding hydrogens is 418 g/mol. The molecule has 5 nitrogen and oxygen atoms in total. The average molecular weight is 450 g/mol. The van der Waals surface area contributed by atoms with E-state index < -0.39 is 0 Å². The van der Waals surface area contributed by atoms with Gasteiger partial charge in [-0.2, -0.15) is 0 Å². The van der Waals surface area contributed by atoms with Crippen molar-refractivity contribution >= 4 is 28.2 Å². The van der Waals surface area contributed by atoms with Crippen molar-refractivity contribution in [2.45, 2.75) is 26.8 Å². The first kappa shape index (κ1) is 22.6. The number of likely N-dealkylation sites (N-methyl/N-ethyl adjacent to an activating group) is 1. The minimum atomic E-state index is 0.311. The maximum atomic E-state index is 6.08. The van der Waals surface area contributed by atoms with Gasteiger partial charge >= 0.3 is 0 Å². The van der Waals surface area contributed by atoms with E-state index in [4.69, 9.17) is 11.6 Å². The van der Waals surface area contributed by atoms with Crippen molar-refractivity contribution in [2.24, 2.45) is 5.92 Å². The molecule has 1 unspecified atom stereocenters. The van der Waals surface area contributed by atoms with E-state index in [0.717, 1.165) is 65.6 Å². The number of anilines is 1. The molecule has 1 fully saturated rings. The molecule has 1 aromatic heterocycles. The summed E-state index contributed by atoms with van der Waals surface area (Å²) in [6.45, 7) is 15.7. The summed E-state index contributed by atoms with van der Waals surface area (Å²) in [5.74, 6) is 1.46. The Morgan fingerprint density at radius 2 is 1.66 bits per heavy atom. The number of piperazine rings is 1. The molecule has 4 rings (SSSR count). The third-order valence-corrected chi connectivity index (χ3v) is 6.47. The molecule has 32 heavy (non-hydrogen) atoms. The van der Waals surface area contributed by atoms with Crippen LogP contribution in [0.25, 0.3) is 22.0 Å². The van der Waals surface area contributed by atoms with Crippen LogP contribution in [0.1, 0.15) is 20.8 Å². The number of hydrogen-bond donors (Lipinski definition) is 1. The van der Waals surface area contributed by atoms with Gasteiger partial charge in [0.25, 0.3) is 0 Å². The predicted molar refractivity (Wildman–Crippen MR) is 135 cm³/mol. The first-order valence-electron chi connectivity index (χ1n) is 11.4. The van der Waals surface area contributed by atoms with Gasteiger partial charge in [0, 0.05) is 59.3 Å². The molecule has 1 saturated heterocycles. The summed E-state index contributed by atoms with van der Waals surface area (Å²) in [6.07, 6.45) is 0. The van der Waals surface area contributed by atoms with Crippen LogP contribution < -0.4 is 10.2 Å². The molecule has 3 aromatic rings. The second kappa shape index (κ2) is 9.88. The van der Waals surface area contributed by atoms with Gasteiger partial charge in [0.1, 0.15) is 5.69 Å². The first-order valence-corrected chi connectivity index (χ1v) is 11.8. The molecule has 1 aliphatic heterocycles. The van der Waals surface area contributed by atoms with E-state index in [1.807, 2.05) is 24.3 Å². The monoisotopic (exact) mass is 449 g/mol. The molecule has 0 bridgehead atoms. The Balaban J connectivity index is 1.56. The highest BCUT2D eigenvalue weighted by Gasteiger charge is 2.26. The number of nitrogens with zero attached hydrogens (tertiary/aromatic N) is 4. The zero-order valence-electron chi connectivity index (χ0n) is 19.2. The summed E-state index contributed by atoms with van der Waals surface area (Å²) >= 11 is 6.08. The van der Waals surface area contributed by atoms with Gasteiger partial charge in [-0.3, -0.25) is 0 Å². The zero-order valence-corrected chi connectivity index (χ0v) is 19.9. The van der Waals surface area contributed by atoms with Crippen molar-refractivity contribution < 1.29 is 0 Å². The van der Waals surface area contributed by atoms with Crippen LogP contribution in [0.2, 0.25) is 5.02 Å². The van der Waals surface area contributed by atoms with Gasteiger partial charge in [-0.15, -0.1) is 10.2 Å². The second-order valence-electron chi connectivity index (χ2n) is 8.67. The number of hydrogen-bond acceptors (Lipinski definition) is 5. The lowest BCUT2D eigenvalue weighted by molar-refractivity contribution is 0.272. The topological polar surface area (TPSA) is 44.3 Å². The number of benzene rings is 2. The standard InChI is InChI=1S/C26H32ClN5/c1-5-28-24(18(2)3)19(4)31-14-16-32(17-15-31)26-23-9-7-6-8-22(23)25(29-30-26)20-10-12-21(27)13-11-20/h6-13,18,24,28H,4-5,14-17H2,1-3H3. The lowest BCUT2D eigenvalue weighted by atomic mass is 10.00. The summed E-state index contributed by atoms with van der Waals surface area (Å²) in [5, 5.41) is 15.9. The summed E-state index contributed by atoms with van der Waals surface area (Å²) < 4.78 is 0. The van der Waals surface area contributed by atoms with E-state index in [0.29, 0.717) is 12.0 Å². The van der Waals surface area contributed by atoms with Gasteiger partial charge in [-0.1, -0.05) is 75.3 Å². The third-order valence-electron chi connectivity index (χ3n) is 6.22. The van der Waals surface area contributed by atoms with Gasteiger partial charge in [0.15, 0.2) is 5.82 Å². The highest BCUT2D eigenvalue weighted by Crippen LogP contribution is 2.32. The minimum absolute atomic E-state index is 0.311. The van der Waals surface area contributed by atoms with Crippen LogP contribution in [0.15, 0.2) is 60.8 Å². The molecule has 2 heterocycles. The van der Waals surface area contributed by atoms with E-state index in [1.165, 1.54) is 5.70 Å². The fraction of sp³-hybridized carbons (Fsp3) is 0.385. The summed E-state index contributed by atoms with van der Waals surface area (Å²) in [4.78, 5) is 4.77. The Bertz CT molecular complexity index is 1070. The molecule has 0 saturated carbocycles. The van der Waals surface area contributed by atoms with Crippen molar-refractivity contribution in [3.8, 4) is 11.3 Å². The summed E-state index contributed by atoms with van der Waals surface area (Å²) in [5.41, 5.74) is 3.10. The van der Waals surface area contributed by atoms with Crippen LogP contribution in [0.5, 0.6) is 0 Å². The minimum Gasteiger partial charge on any atom is -0.370 e. The lowest BCUT2D eigenvalue weighted by Gasteiger charge is -2.40. The van der Waals surface area contributed by atoms with Crippen LogP contribution in [-0.2, 0) is 0 Å². The fourth-order valence-electron chi connectivity index (χ4n) is 4.50. The first-order chi connectivity index (χ1) is 15.5. The smallest absolute Gasteiger partial charge is 0.159 e. The van der Waals surface area contributed by atoms with Crippen molar-refractivity contribution in [1.82, 2.24) is 20.4 Å². The Morgan fingerprint density at radius 3 is 2.28 bits per heavy atom. The Kier molecular flexibility index (Phi) is 6.97. The molecule has 6 heteroatoms. The van der Waals surface area contributed by atoms with E-state index in [1.54, 1.807) is 0 Å². The number of fused-ring (bicyclic) bond motifs is 1. The van der Waals surface area contributed by atoms with Gasteiger partial charge in [0.2, 0.25) is 0 Å². The highest BCUT2D eigenvalue weighted by molar-refractivity contribution is 6.30. The Hall–Kier alpha value is -2.63. The van der Waals surface area contributed by atoms with Gasteiger partial charge < -0.3 is 15.1 Å². The van der Waals surface area contributed by atoms with Crippen molar-refractivity contribution in [1.29, 1.82) is 0 Å². The zero-order chi connectivity index (χ0) is 22.7. The molecular formula is C26H32ClN5. The largest absolute Gasteiger partial charge is 0.370 e. The molecule has 1 aliphatic rings. The lowest BCUT2D eigenvalue weighted by Crippen LogP contribution is -2.50. The molecule has 168 valence electrons. The average Bonchev–Trinajstić information content (AvgIpc) is 2.82. The van der Waals surface area contributed by atoms with Crippen LogP contribution in [0, 0.1) is 5.92 Å². The number of halogens is 1. The van der Waals surface area contributed by atoms with Crippen molar-refractivity contribution in [2.75, 3.05) is 37.6 Å². The fourth-order valence-corrected chi connectivity index (χ4v) is 4.63. The van der Waals surface area contributed by atoms with E-state index >= 15 is 0 Å². The number of rotatable bonds is 7. The Morgan fingerprint density at radius 1 is 1.00 bits per heavy atom. The molecule has 0 amide bonds. The van der Waals surface area contributed by atoms with E-state index in [-0.39, 0.29) is 0 Å². The summed E-state index contributed by atoms with van der Waals surface area (Å²) in [6, 6.07) is 16.5. The van der Waals surface area contributed by atoms with Crippen LogP contribution in [0.3, 0.4) is 0 Å². The van der Waals surface area contributed by atoms with Gasteiger partial charge in [-0.05, 0) is 24.6 Å². The molecule has 1 atom stereocenters. The van der Waals surface area contributed by atoms with E-state index in [2.05, 4.69) is 76.9 Å². The van der Waals surface area contributed by atoms with Gasteiger partial charge in [-0.25, -0.2) is 0 Å². The van der Waals surface area contributed by atoms with Crippen LogP contribution in [0.4, 0.5) is 5.82 Å². The molecule has 0 aliphatic carbocycles. The van der Waals surface area contributed by atoms with Crippen LogP contribution >= 0.6 is 11.6 Å².